The van der Waals surface area contributed by atoms with Crippen LogP contribution >= 0.6 is 0 Å². The van der Waals surface area contributed by atoms with E-state index in [1.807, 2.05) is 36.4 Å². The van der Waals surface area contributed by atoms with Gasteiger partial charge in [0.1, 0.15) is 11.5 Å². The normalized spacial score (nSPS) is 10.8. The first-order valence-corrected chi connectivity index (χ1v) is 14.1. The molecule has 0 fully saturated rings. The van der Waals surface area contributed by atoms with Gasteiger partial charge in [-0.3, -0.25) is 0 Å². The van der Waals surface area contributed by atoms with Gasteiger partial charge < -0.3 is 14.2 Å². The second-order valence-corrected chi connectivity index (χ2v) is 9.61. The number of halogens is 1. The highest BCUT2D eigenvalue weighted by Gasteiger charge is 2.13. The third kappa shape index (κ3) is 9.85. The molecular weight excluding hydrogens is 479 g/mol. The zero-order valence-corrected chi connectivity index (χ0v) is 22.8. The van der Waals surface area contributed by atoms with E-state index >= 15 is 0 Å². The molecule has 0 amide bonds. The molecule has 38 heavy (non-hydrogen) atoms. The molecule has 4 nitrogen and oxygen atoms in total. The van der Waals surface area contributed by atoms with Gasteiger partial charge in [-0.25, -0.2) is 9.18 Å². The van der Waals surface area contributed by atoms with Crippen molar-refractivity contribution in [3.8, 4) is 28.4 Å². The fourth-order valence-electron chi connectivity index (χ4n) is 4.15. The maximum Gasteiger partial charge on any atom is 0.343 e. The number of unbranched alkanes of at least 4 members (excludes halogenated alkanes) is 8. The molecule has 5 heteroatoms. The van der Waals surface area contributed by atoms with Crippen molar-refractivity contribution >= 4 is 5.97 Å². The van der Waals surface area contributed by atoms with Crippen molar-refractivity contribution in [1.29, 1.82) is 0 Å². The summed E-state index contributed by atoms with van der Waals surface area (Å²) in [7, 11) is 0. The van der Waals surface area contributed by atoms with Gasteiger partial charge in [-0.15, -0.1) is 0 Å². The monoisotopic (exact) mass is 520 g/mol. The quantitative estimate of drug-likeness (QED) is 0.101. The summed E-state index contributed by atoms with van der Waals surface area (Å²) in [6.07, 6.45) is 11.6. The fourth-order valence-corrected chi connectivity index (χ4v) is 4.15. The predicted molar refractivity (Wildman–Crippen MR) is 152 cm³/mol. The molecule has 0 heterocycles. The van der Waals surface area contributed by atoms with Crippen LogP contribution in [0.1, 0.15) is 88.4 Å². The van der Waals surface area contributed by atoms with Crippen molar-refractivity contribution in [2.75, 3.05) is 13.2 Å². The largest absolute Gasteiger partial charge is 0.494 e. The van der Waals surface area contributed by atoms with Gasteiger partial charge in [0, 0.05) is 0 Å². The molecule has 0 aliphatic heterocycles. The number of ether oxygens (including phenoxy) is 3. The Kier molecular flexibility index (Phi) is 12.7. The molecule has 0 saturated heterocycles. The van der Waals surface area contributed by atoms with E-state index < -0.39 is 11.8 Å². The average Bonchev–Trinajstić information content (AvgIpc) is 2.94. The summed E-state index contributed by atoms with van der Waals surface area (Å²) in [6.45, 7) is 5.57. The van der Waals surface area contributed by atoms with E-state index in [0.29, 0.717) is 12.4 Å². The Balaban J connectivity index is 1.45. The summed E-state index contributed by atoms with van der Waals surface area (Å²) in [5.41, 5.74) is 2.18. The van der Waals surface area contributed by atoms with Crippen molar-refractivity contribution < 1.29 is 23.4 Å². The summed E-state index contributed by atoms with van der Waals surface area (Å²) in [6, 6.07) is 19.4. The number of carbonyl (C=O) groups excluding carboxylic acids is 1. The van der Waals surface area contributed by atoms with Crippen LogP contribution in [0.15, 0.2) is 66.7 Å². The third-order valence-corrected chi connectivity index (χ3v) is 6.44. The van der Waals surface area contributed by atoms with Crippen LogP contribution in [0.5, 0.6) is 17.2 Å². The van der Waals surface area contributed by atoms with E-state index in [-0.39, 0.29) is 11.3 Å². The molecule has 3 aromatic carbocycles. The Bertz CT molecular complexity index is 1090. The maximum absolute atomic E-state index is 14.5. The number of hydrogen-bond acceptors (Lipinski definition) is 4. The van der Waals surface area contributed by atoms with Crippen LogP contribution < -0.4 is 14.2 Å². The summed E-state index contributed by atoms with van der Waals surface area (Å²) in [4.78, 5) is 12.6. The number of carbonyl (C=O) groups is 1. The summed E-state index contributed by atoms with van der Waals surface area (Å²) < 4.78 is 31.3. The molecule has 0 unspecified atom stereocenters. The summed E-state index contributed by atoms with van der Waals surface area (Å²) in [5.74, 6) is 0.246. The SMILES string of the molecule is CCCCCCCCCOc1ccc(C(=O)Oc2ccc(-c3ccc(OCCCCC)cc3)cc2)cc1F. The van der Waals surface area contributed by atoms with Gasteiger partial charge >= 0.3 is 5.97 Å². The molecule has 0 aliphatic carbocycles. The molecule has 0 spiro atoms. The van der Waals surface area contributed by atoms with Crippen LogP contribution in [-0.2, 0) is 0 Å². The molecular formula is C33H41FO4. The Morgan fingerprint density at radius 3 is 1.79 bits per heavy atom. The molecule has 3 aromatic rings. The molecule has 0 N–H and O–H groups in total. The van der Waals surface area contributed by atoms with Gasteiger partial charge in [0.2, 0.25) is 0 Å². The summed E-state index contributed by atoms with van der Waals surface area (Å²) in [5, 5.41) is 0. The zero-order chi connectivity index (χ0) is 27.0. The zero-order valence-electron chi connectivity index (χ0n) is 22.8. The van der Waals surface area contributed by atoms with Gasteiger partial charge in [0.15, 0.2) is 11.6 Å². The first-order chi connectivity index (χ1) is 18.6. The predicted octanol–water partition coefficient (Wildman–Crippen LogP) is 9.41. The van der Waals surface area contributed by atoms with Crippen molar-refractivity contribution in [3.05, 3.63) is 78.1 Å². The van der Waals surface area contributed by atoms with Crippen molar-refractivity contribution in [1.82, 2.24) is 0 Å². The lowest BCUT2D eigenvalue weighted by molar-refractivity contribution is 0.0734. The van der Waals surface area contributed by atoms with Crippen LogP contribution in [-0.4, -0.2) is 19.2 Å². The average molecular weight is 521 g/mol. The van der Waals surface area contributed by atoms with Gasteiger partial charge in [-0.2, -0.15) is 0 Å². The molecule has 0 radical (unpaired) electrons. The molecule has 0 saturated carbocycles. The Hall–Kier alpha value is -3.34. The smallest absolute Gasteiger partial charge is 0.343 e. The first kappa shape index (κ1) is 29.2. The number of rotatable bonds is 17. The van der Waals surface area contributed by atoms with Crippen LogP contribution in [0.25, 0.3) is 11.1 Å². The minimum atomic E-state index is -0.611. The van der Waals surface area contributed by atoms with E-state index in [9.17, 15) is 9.18 Å². The lowest BCUT2D eigenvalue weighted by Gasteiger charge is -2.10. The van der Waals surface area contributed by atoms with E-state index in [4.69, 9.17) is 14.2 Å². The first-order valence-electron chi connectivity index (χ1n) is 14.1. The Labute approximate surface area is 227 Å². The number of esters is 1. The van der Waals surface area contributed by atoms with Gasteiger partial charge in [0.05, 0.1) is 18.8 Å². The topological polar surface area (TPSA) is 44.8 Å². The van der Waals surface area contributed by atoms with E-state index in [2.05, 4.69) is 13.8 Å². The van der Waals surface area contributed by atoms with E-state index in [0.717, 1.165) is 42.7 Å². The molecule has 0 aliphatic rings. The van der Waals surface area contributed by atoms with Crippen molar-refractivity contribution in [2.24, 2.45) is 0 Å². The lowest BCUT2D eigenvalue weighted by atomic mass is 10.1. The van der Waals surface area contributed by atoms with Crippen LogP contribution in [0.3, 0.4) is 0 Å². The van der Waals surface area contributed by atoms with Gasteiger partial charge in [-0.05, 0) is 66.4 Å². The van der Waals surface area contributed by atoms with Crippen molar-refractivity contribution in [3.63, 3.8) is 0 Å². The summed E-state index contributed by atoms with van der Waals surface area (Å²) >= 11 is 0. The molecule has 204 valence electrons. The van der Waals surface area contributed by atoms with Crippen molar-refractivity contribution in [2.45, 2.75) is 78.1 Å². The highest BCUT2D eigenvalue weighted by atomic mass is 19.1. The maximum atomic E-state index is 14.5. The minimum Gasteiger partial charge on any atom is -0.494 e. The van der Waals surface area contributed by atoms with E-state index in [1.54, 1.807) is 12.1 Å². The van der Waals surface area contributed by atoms with Crippen LogP contribution in [0.2, 0.25) is 0 Å². The second kappa shape index (κ2) is 16.5. The minimum absolute atomic E-state index is 0.143. The lowest BCUT2D eigenvalue weighted by Crippen LogP contribution is -2.09. The number of hydrogen-bond donors (Lipinski definition) is 0. The molecule has 0 atom stereocenters. The fraction of sp³-hybridized carbons (Fsp3) is 0.424. The molecule has 3 rings (SSSR count). The van der Waals surface area contributed by atoms with Crippen LogP contribution in [0, 0.1) is 5.82 Å². The standard InChI is InChI=1S/C33H41FO4/c1-3-5-7-8-9-10-12-24-37-32-22-17-28(25-31(32)34)33(35)38-30-20-15-27(16-21-30)26-13-18-29(19-14-26)36-23-11-6-4-2/h13-22,25H,3-12,23-24H2,1-2H3. The highest BCUT2D eigenvalue weighted by Crippen LogP contribution is 2.26. The number of benzene rings is 3. The molecule has 0 aromatic heterocycles. The third-order valence-electron chi connectivity index (χ3n) is 6.44. The highest BCUT2D eigenvalue weighted by molar-refractivity contribution is 5.91. The van der Waals surface area contributed by atoms with Crippen LogP contribution in [0.4, 0.5) is 4.39 Å². The van der Waals surface area contributed by atoms with Gasteiger partial charge in [-0.1, -0.05) is 89.5 Å². The Morgan fingerprint density at radius 1 is 0.632 bits per heavy atom. The van der Waals surface area contributed by atoms with E-state index in [1.165, 1.54) is 63.1 Å². The molecule has 0 bridgehead atoms. The van der Waals surface area contributed by atoms with Gasteiger partial charge in [0.25, 0.3) is 0 Å². The Morgan fingerprint density at radius 2 is 1.16 bits per heavy atom. The second-order valence-electron chi connectivity index (χ2n) is 9.61.